The summed E-state index contributed by atoms with van der Waals surface area (Å²) >= 11 is 0. The van der Waals surface area contributed by atoms with Gasteiger partial charge in [-0.2, -0.15) is 5.10 Å². The normalized spacial score (nSPS) is 14.2. The van der Waals surface area contributed by atoms with Gasteiger partial charge in [0.15, 0.2) is 5.69 Å². The fourth-order valence-corrected chi connectivity index (χ4v) is 2.76. The Morgan fingerprint density at radius 2 is 2.04 bits per heavy atom. The standard InChI is InChI=1S/C17H28N4O4/c1-17(2,3)25-16(23)21-9-7-13-12(11-21)14(19-20(13)4)15(22)18-8-6-10-24-5/h6-11H2,1-5H3,(H,18,22). The van der Waals surface area contributed by atoms with Crippen molar-refractivity contribution in [2.75, 3.05) is 26.8 Å². The molecule has 1 N–H and O–H groups in total. The lowest BCUT2D eigenvalue weighted by Crippen LogP contribution is -2.40. The van der Waals surface area contributed by atoms with E-state index in [9.17, 15) is 9.59 Å². The van der Waals surface area contributed by atoms with Crippen molar-refractivity contribution in [3.05, 3.63) is 17.0 Å². The minimum atomic E-state index is -0.548. The first kappa shape index (κ1) is 19.2. The molecule has 140 valence electrons. The first-order chi connectivity index (χ1) is 11.7. The molecule has 25 heavy (non-hydrogen) atoms. The Hall–Kier alpha value is -2.09. The largest absolute Gasteiger partial charge is 0.444 e. The summed E-state index contributed by atoms with van der Waals surface area (Å²) in [5, 5.41) is 7.20. The van der Waals surface area contributed by atoms with Gasteiger partial charge in [0.05, 0.1) is 6.54 Å². The maximum atomic E-state index is 12.4. The first-order valence-electron chi connectivity index (χ1n) is 8.52. The quantitative estimate of drug-likeness (QED) is 0.811. The highest BCUT2D eigenvalue weighted by Gasteiger charge is 2.31. The molecule has 0 unspecified atom stereocenters. The molecule has 0 bridgehead atoms. The van der Waals surface area contributed by atoms with Crippen LogP contribution in [0.5, 0.6) is 0 Å². The predicted octanol–water partition coefficient (Wildman–Crippen LogP) is 1.48. The van der Waals surface area contributed by atoms with E-state index in [4.69, 9.17) is 9.47 Å². The zero-order chi connectivity index (χ0) is 18.6. The van der Waals surface area contributed by atoms with E-state index in [2.05, 4.69) is 10.4 Å². The third-order valence-corrected chi connectivity index (χ3v) is 3.92. The number of aryl methyl sites for hydroxylation is 1. The molecule has 0 radical (unpaired) electrons. The topological polar surface area (TPSA) is 85.7 Å². The van der Waals surface area contributed by atoms with E-state index in [1.54, 1.807) is 16.7 Å². The van der Waals surface area contributed by atoms with E-state index in [0.717, 1.165) is 17.7 Å². The molecule has 0 fully saturated rings. The highest BCUT2D eigenvalue weighted by atomic mass is 16.6. The van der Waals surface area contributed by atoms with Crippen LogP contribution in [-0.2, 0) is 29.5 Å². The van der Waals surface area contributed by atoms with Gasteiger partial charge in [0.1, 0.15) is 5.60 Å². The Labute approximate surface area is 148 Å². The van der Waals surface area contributed by atoms with Crippen molar-refractivity contribution in [2.24, 2.45) is 7.05 Å². The number of aromatic nitrogens is 2. The second kappa shape index (κ2) is 7.86. The smallest absolute Gasteiger partial charge is 0.410 e. The van der Waals surface area contributed by atoms with Crippen LogP contribution in [0.4, 0.5) is 4.79 Å². The van der Waals surface area contributed by atoms with Gasteiger partial charge in [-0.05, 0) is 27.2 Å². The number of nitrogens with one attached hydrogen (secondary N) is 1. The molecule has 8 heteroatoms. The number of carbonyl (C=O) groups excluding carboxylic acids is 2. The summed E-state index contributed by atoms with van der Waals surface area (Å²) in [4.78, 5) is 26.4. The van der Waals surface area contributed by atoms with Gasteiger partial charge in [-0.1, -0.05) is 0 Å². The van der Waals surface area contributed by atoms with Crippen LogP contribution >= 0.6 is 0 Å². The zero-order valence-corrected chi connectivity index (χ0v) is 15.7. The summed E-state index contributed by atoms with van der Waals surface area (Å²) in [6.45, 7) is 7.51. The molecule has 2 rings (SSSR count). The fraction of sp³-hybridized carbons (Fsp3) is 0.706. The maximum Gasteiger partial charge on any atom is 0.410 e. The molecule has 0 saturated heterocycles. The molecule has 0 atom stereocenters. The van der Waals surface area contributed by atoms with E-state index < -0.39 is 5.60 Å². The number of hydrogen-bond donors (Lipinski definition) is 1. The van der Waals surface area contributed by atoms with Crippen molar-refractivity contribution in [3.63, 3.8) is 0 Å². The molecule has 2 amide bonds. The van der Waals surface area contributed by atoms with Crippen molar-refractivity contribution in [1.29, 1.82) is 0 Å². The molecule has 1 aromatic rings. The van der Waals surface area contributed by atoms with Gasteiger partial charge in [0, 0.05) is 51.5 Å². The van der Waals surface area contributed by atoms with Crippen LogP contribution in [0.1, 0.15) is 48.9 Å². The van der Waals surface area contributed by atoms with Gasteiger partial charge in [-0.15, -0.1) is 0 Å². The maximum absolute atomic E-state index is 12.4. The molecule has 8 nitrogen and oxygen atoms in total. The molecular formula is C17H28N4O4. The van der Waals surface area contributed by atoms with Crippen LogP contribution in [0.25, 0.3) is 0 Å². The number of carbonyl (C=O) groups is 2. The van der Waals surface area contributed by atoms with Gasteiger partial charge >= 0.3 is 6.09 Å². The number of nitrogens with zero attached hydrogens (tertiary/aromatic N) is 3. The van der Waals surface area contributed by atoms with Gasteiger partial charge in [0.2, 0.25) is 0 Å². The molecule has 1 aliphatic rings. The first-order valence-corrected chi connectivity index (χ1v) is 8.52. The minimum absolute atomic E-state index is 0.223. The second-order valence-corrected chi connectivity index (χ2v) is 7.15. The lowest BCUT2D eigenvalue weighted by molar-refractivity contribution is 0.0221. The minimum Gasteiger partial charge on any atom is -0.444 e. The molecule has 0 saturated carbocycles. The number of methoxy groups -OCH3 is 1. The third-order valence-electron chi connectivity index (χ3n) is 3.92. The number of hydrogen-bond acceptors (Lipinski definition) is 5. The van der Waals surface area contributed by atoms with E-state index in [-0.39, 0.29) is 12.0 Å². The summed E-state index contributed by atoms with van der Waals surface area (Å²) in [6.07, 6.45) is 1.02. The molecule has 0 aliphatic carbocycles. The summed E-state index contributed by atoms with van der Waals surface area (Å²) in [7, 11) is 3.45. The summed E-state index contributed by atoms with van der Waals surface area (Å²) in [6, 6.07) is 0. The SMILES string of the molecule is COCCCNC(=O)c1nn(C)c2c1CN(C(=O)OC(C)(C)C)CC2. The molecule has 2 heterocycles. The Morgan fingerprint density at radius 3 is 2.68 bits per heavy atom. The van der Waals surface area contributed by atoms with Gasteiger partial charge in [-0.25, -0.2) is 4.79 Å². The monoisotopic (exact) mass is 352 g/mol. The zero-order valence-electron chi connectivity index (χ0n) is 15.7. The molecule has 1 aromatic heterocycles. The number of rotatable bonds is 5. The number of ether oxygens (including phenoxy) is 2. The second-order valence-electron chi connectivity index (χ2n) is 7.15. The van der Waals surface area contributed by atoms with E-state index in [1.807, 2.05) is 27.8 Å². The van der Waals surface area contributed by atoms with Crippen LogP contribution < -0.4 is 5.32 Å². The van der Waals surface area contributed by atoms with Crippen LogP contribution in [0.2, 0.25) is 0 Å². The average molecular weight is 352 g/mol. The molecule has 1 aliphatic heterocycles. The Kier molecular flexibility index (Phi) is 6.05. The van der Waals surface area contributed by atoms with Gasteiger partial charge in [-0.3, -0.25) is 9.48 Å². The summed E-state index contributed by atoms with van der Waals surface area (Å²) < 4.78 is 12.1. The number of fused-ring (bicyclic) bond motifs is 1. The fourth-order valence-electron chi connectivity index (χ4n) is 2.76. The number of amides is 2. The Bertz CT molecular complexity index is 633. The predicted molar refractivity (Wildman–Crippen MR) is 92.4 cm³/mol. The Morgan fingerprint density at radius 1 is 1.32 bits per heavy atom. The van der Waals surface area contributed by atoms with Crippen LogP contribution in [0.15, 0.2) is 0 Å². The van der Waals surface area contributed by atoms with Crippen molar-refractivity contribution >= 4 is 12.0 Å². The highest BCUT2D eigenvalue weighted by molar-refractivity contribution is 5.94. The van der Waals surface area contributed by atoms with E-state index >= 15 is 0 Å². The van der Waals surface area contributed by atoms with E-state index in [1.165, 1.54) is 0 Å². The van der Waals surface area contributed by atoms with Crippen LogP contribution in [-0.4, -0.2) is 59.1 Å². The van der Waals surface area contributed by atoms with Crippen LogP contribution in [0.3, 0.4) is 0 Å². The highest BCUT2D eigenvalue weighted by Crippen LogP contribution is 2.23. The van der Waals surface area contributed by atoms with Crippen LogP contribution in [0, 0.1) is 0 Å². The van der Waals surface area contributed by atoms with Crippen molar-refractivity contribution in [2.45, 2.75) is 45.8 Å². The third kappa shape index (κ3) is 4.94. The average Bonchev–Trinajstić information content (AvgIpc) is 2.86. The molecule has 0 aromatic carbocycles. The molecular weight excluding hydrogens is 324 g/mol. The van der Waals surface area contributed by atoms with Crippen molar-refractivity contribution < 1.29 is 19.1 Å². The van der Waals surface area contributed by atoms with Gasteiger partial charge in [0.25, 0.3) is 5.91 Å². The van der Waals surface area contributed by atoms with Crippen molar-refractivity contribution in [3.8, 4) is 0 Å². The van der Waals surface area contributed by atoms with Gasteiger partial charge < -0.3 is 19.7 Å². The molecule has 0 spiro atoms. The lowest BCUT2D eigenvalue weighted by Gasteiger charge is -2.30. The van der Waals surface area contributed by atoms with E-state index in [0.29, 0.717) is 38.4 Å². The summed E-state index contributed by atoms with van der Waals surface area (Å²) in [5.74, 6) is -0.223. The van der Waals surface area contributed by atoms with Crippen molar-refractivity contribution in [1.82, 2.24) is 20.0 Å². The lowest BCUT2D eigenvalue weighted by atomic mass is 10.0. The Balaban J connectivity index is 2.09. The summed E-state index contributed by atoms with van der Waals surface area (Å²) in [5.41, 5.74) is 1.61.